The van der Waals surface area contributed by atoms with Crippen molar-refractivity contribution in [3.05, 3.63) is 64.3 Å². The molecule has 4 rings (SSSR count). The number of nitrogens with zero attached hydrogens (tertiary/aromatic N) is 2. The van der Waals surface area contributed by atoms with Gasteiger partial charge in [-0.15, -0.1) is 0 Å². The van der Waals surface area contributed by atoms with Crippen molar-refractivity contribution >= 4 is 23.3 Å². The van der Waals surface area contributed by atoms with E-state index in [-0.39, 0.29) is 11.7 Å². The molecule has 2 aromatic heterocycles. The SMILES string of the molecule is COc1cccc(C(=O)N/N=C2\CCCc3oc(C(=O)Nc4cc(C)on4)c(C)c32)c1. The highest BCUT2D eigenvalue weighted by Crippen LogP contribution is 2.30. The van der Waals surface area contributed by atoms with Crippen molar-refractivity contribution in [3.8, 4) is 5.75 Å². The average molecular weight is 422 g/mol. The van der Waals surface area contributed by atoms with Crippen LogP contribution in [0, 0.1) is 13.8 Å². The molecule has 9 heteroatoms. The number of hydrogen-bond acceptors (Lipinski definition) is 7. The monoisotopic (exact) mass is 422 g/mol. The number of rotatable bonds is 5. The fourth-order valence-corrected chi connectivity index (χ4v) is 3.54. The van der Waals surface area contributed by atoms with Crippen molar-refractivity contribution in [2.24, 2.45) is 5.10 Å². The van der Waals surface area contributed by atoms with E-state index in [2.05, 4.69) is 21.0 Å². The predicted molar refractivity (Wildman–Crippen MR) is 113 cm³/mol. The molecule has 0 aliphatic heterocycles. The molecular formula is C22H22N4O5. The third-order valence-corrected chi connectivity index (χ3v) is 5.03. The zero-order valence-corrected chi connectivity index (χ0v) is 17.4. The van der Waals surface area contributed by atoms with E-state index in [4.69, 9.17) is 13.7 Å². The predicted octanol–water partition coefficient (Wildman–Crippen LogP) is 3.62. The second-order valence-electron chi connectivity index (χ2n) is 7.22. The molecule has 1 aliphatic carbocycles. The quantitative estimate of drug-likeness (QED) is 0.606. The number of ether oxygens (including phenoxy) is 1. The summed E-state index contributed by atoms with van der Waals surface area (Å²) in [5, 5.41) is 10.8. The normalized spacial score (nSPS) is 14.2. The average Bonchev–Trinajstić information content (AvgIpc) is 3.34. The summed E-state index contributed by atoms with van der Waals surface area (Å²) in [6.07, 6.45) is 2.15. The van der Waals surface area contributed by atoms with Gasteiger partial charge in [0.15, 0.2) is 11.6 Å². The molecule has 0 saturated heterocycles. The third kappa shape index (κ3) is 4.20. The maximum Gasteiger partial charge on any atom is 0.292 e. The lowest BCUT2D eigenvalue weighted by Gasteiger charge is -2.13. The number of carbonyl (C=O) groups excluding carboxylic acids is 2. The number of amides is 2. The van der Waals surface area contributed by atoms with Crippen molar-refractivity contribution in [1.82, 2.24) is 10.6 Å². The summed E-state index contributed by atoms with van der Waals surface area (Å²) in [4.78, 5) is 25.2. The molecule has 9 nitrogen and oxygen atoms in total. The van der Waals surface area contributed by atoms with Crippen LogP contribution in [0.3, 0.4) is 0 Å². The Hall–Kier alpha value is -3.88. The molecule has 0 fully saturated rings. The number of hydrazone groups is 1. The highest BCUT2D eigenvalue weighted by Gasteiger charge is 2.28. The molecule has 1 aromatic carbocycles. The molecule has 2 amide bonds. The van der Waals surface area contributed by atoms with E-state index >= 15 is 0 Å². The van der Waals surface area contributed by atoms with Gasteiger partial charge >= 0.3 is 0 Å². The maximum absolute atomic E-state index is 12.7. The van der Waals surface area contributed by atoms with Gasteiger partial charge < -0.3 is 19.0 Å². The molecule has 0 spiro atoms. The van der Waals surface area contributed by atoms with Crippen LogP contribution in [0.1, 0.15) is 56.4 Å². The molecule has 31 heavy (non-hydrogen) atoms. The van der Waals surface area contributed by atoms with E-state index in [1.165, 1.54) is 0 Å². The third-order valence-electron chi connectivity index (χ3n) is 5.03. The highest BCUT2D eigenvalue weighted by atomic mass is 16.5. The van der Waals surface area contributed by atoms with Crippen molar-refractivity contribution < 1.29 is 23.3 Å². The number of carbonyl (C=O) groups is 2. The minimum atomic E-state index is -0.417. The number of nitrogens with one attached hydrogen (secondary N) is 2. The molecule has 3 aromatic rings. The summed E-state index contributed by atoms with van der Waals surface area (Å²) in [7, 11) is 1.54. The molecular weight excluding hydrogens is 400 g/mol. The van der Waals surface area contributed by atoms with Crippen molar-refractivity contribution in [1.29, 1.82) is 0 Å². The van der Waals surface area contributed by atoms with E-state index in [1.54, 1.807) is 51.3 Å². The largest absolute Gasteiger partial charge is 0.497 e. The van der Waals surface area contributed by atoms with E-state index in [0.717, 1.165) is 12.0 Å². The summed E-state index contributed by atoms with van der Waals surface area (Å²) >= 11 is 0. The number of benzene rings is 1. The minimum absolute atomic E-state index is 0.194. The standard InChI is InChI=1S/C22H22N4O5/c1-12-10-18(26-31-12)23-22(28)20-13(2)19-16(8-5-9-17(19)30-20)24-25-21(27)14-6-4-7-15(11-14)29-3/h4,6-7,10-11H,5,8-9H2,1-3H3,(H,25,27)(H,23,26,28)/b24-16+. The van der Waals surface area contributed by atoms with Crippen LogP contribution in [-0.2, 0) is 6.42 Å². The molecule has 0 radical (unpaired) electrons. The van der Waals surface area contributed by atoms with Gasteiger partial charge in [-0.3, -0.25) is 9.59 Å². The van der Waals surface area contributed by atoms with Crippen LogP contribution in [0.5, 0.6) is 5.75 Å². The lowest BCUT2D eigenvalue weighted by Crippen LogP contribution is -2.22. The zero-order chi connectivity index (χ0) is 22.0. The first-order valence-corrected chi connectivity index (χ1v) is 9.84. The lowest BCUT2D eigenvalue weighted by molar-refractivity contribution is 0.0953. The topological polar surface area (TPSA) is 119 Å². The summed E-state index contributed by atoms with van der Waals surface area (Å²) in [5.41, 5.74) is 5.14. The van der Waals surface area contributed by atoms with Crippen LogP contribution in [-0.4, -0.2) is 29.8 Å². The summed E-state index contributed by atoms with van der Waals surface area (Å²) in [6.45, 7) is 3.54. The summed E-state index contributed by atoms with van der Waals surface area (Å²) < 4.78 is 16.0. The molecule has 0 bridgehead atoms. The van der Waals surface area contributed by atoms with Gasteiger partial charge in [-0.2, -0.15) is 5.10 Å². The van der Waals surface area contributed by atoms with Crippen LogP contribution in [0.2, 0.25) is 0 Å². The van der Waals surface area contributed by atoms with Crippen molar-refractivity contribution in [2.75, 3.05) is 12.4 Å². The smallest absolute Gasteiger partial charge is 0.292 e. The van der Waals surface area contributed by atoms with Gasteiger partial charge in [-0.05, 0) is 44.9 Å². The van der Waals surface area contributed by atoms with E-state index < -0.39 is 5.91 Å². The number of aromatic nitrogens is 1. The first-order chi connectivity index (χ1) is 15.0. The Morgan fingerprint density at radius 1 is 1.16 bits per heavy atom. The van der Waals surface area contributed by atoms with Gasteiger partial charge in [0.2, 0.25) is 0 Å². The number of furan rings is 1. The second kappa shape index (κ2) is 8.47. The Balaban J connectivity index is 1.56. The Kier molecular flexibility index (Phi) is 5.57. The van der Waals surface area contributed by atoms with Crippen LogP contribution < -0.4 is 15.5 Å². The first-order valence-electron chi connectivity index (χ1n) is 9.84. The minimum Gasteiger partial charge on any atom is -0.497 e. The Morgan fingerprint density at radius 3 is 2.74 bits per heavy atom. The fourth-order valence-electron chi connectivity index (χ4n) is 3.54. The molecule has 0 unspecified atom stereocenters. The zero-order valence-electron chi connectivity index (χ0n) is 17.4. The molecule has 2 heterocycles. The number of anilines is 1. The molecule has 0 atom stereocenters. The Labute approximate surface area is 178 Å². The van der Waals surface area contributed by atoms with Crippen LogP contribution in [0.4, 0.5) is 5.82 Å². The molecule has 1 aliphatic rings. The van der Waals surface area contributed by atoms with Crippen LogP contribution in [0.15, 0.2) is 44.4 Å². The van der Waals surface area contributed by atoms with Crippen LogP contribution >= 0.6 is 0 Å². The van der Waals surface area contributed by atoms with E-state index in [1.807, 2.05) is 0 Å². The highest BCUT2D eigenvalue weighted by molar-refractivity contribution is 6.09. The summed E-state index contributed by atoms with van der Waals surface area (Å²) in [5.74, 6) is 1.60. The van der Waals surface area contributed by atoms with Crippen molar-refractivity contribution in [2.45, 2.75) is 33.1 Å². The van der Waals surface area contributed by atoms with Crippen LogP contribution in [0.25, 0.3) is 0 Å². The lowest BCUT2D eigenvalue weighted by atomic mass is 9.93. The van der Waals surface area contributed by atoms with Gasteiger partial charge in [-0.1, -0.05) is 11.2 Å². The fraction of sp³-hybridized carbons (Fsp3) is 0.273. The maximum atomic E-state index is 12.7. The first kappa shape index (κ1) is 20.4. The van der Waals surface area contributed by atoms with E-state index in [0.29, 0.717) is 52.8 Å². The molecule has 160 valence electrons. The Morgan fingerprint density at radius 2 is 2.00 bits per heavy atom. The second-order valence-corrected chi connectivity index (χ2v) is 7.22. The molecule has 2 N–H and O–H groups in total. The van der Waals surface area contributed by atoms with Gasteiger partial charge in [0.1, 0.15) is 17.3 Å². The Bertz CT molecular complexity index is 1170. The van der Waals surface area contributed by atoms with Gasteiger partial charge in [0.25, 0.3) is 11.8 Å². The van der Waals surface area contributed by atoms with Crippen molar-refractivity contribution in [3.63, 3.8) is 0 Å². The van der Waals surface area contributed by atoms with Gasteiger partial charge in [0, 0.05) is 29.2 Å². The number of hydrogen-bond donors (Lipinski definition) is 2. The van der Waals surface area contributed by atoms with E-state index in [9.17, 15) is 9.59 Å². The number of aryl methyl sites for hydroxylation is 2. The number of fused-ring (bicyclic) bond motifs is 1. The van der Waals surface area contributed by atoms with Gasteiger partial charge in [-0.25, -0.2) is 5.43 Å². The number of methoxy groups -OCH3 is 1. The molecule has 0 saturated carbocycles. The van der Waals surface area contributed by atoms with Gasteiger partial charge in [0.05, 0.1) is 12.8 Å². The summed E-state index contributed by atoms with van der Waals surface area (Å²) in [6, 6.07) is 8.44.